The molecule has 0 fully saturated rings. The highest BCUT2D eigenvalue weighted by Gasteiger charge is 2.23. The molecule has 0 aliphatic heterocycles. The number of sulfonamides is 1. The van der Waals surface area contributed by atoms with E-state index in [1.807, 2.05) is 13.8 Å². The average molecular weight is 298 g/mol. The Morgan fingerprint density at radius 3 is 2.50 bits per heavy atom. The predicted octanol–water partition coefficient (Wildman–Crippen LogP) is 1.50. The van der Waals surface area contributed by atoms with Gasteiger partial charge in [0.2, 0.25) is 15.9 Å². The van der Waals surface area contributed by atoms with Gasteiger partial charge in [-0.15, -0.1) is 0 Å². The van der Waals surface area contributed by atoms with Gasteiger partial charge in [0.05, 0.1) is 10.9 Å². The largest absolute Gasteiger partial charge is 0.355 e. The van der Waals surface area contributed by atoms with Gasteiger partial charge in [-0.05, 0) is 38.8 Å². The summed E-state index contributed by atoms with van der Waals surface area (Å²) in [7, 11) is -3.69. The lowest BCUT2D eigenvalue weighted by Gasteiger charge is -2.15. The SMILES string of the molecule is CCCNC(=O)[C@@H](C)NS(=O)(=O)c1ccc(C)cc1C. The molecule has 0 aliphatic carbocycles. The van der Waals surface area contributed by atoms with E-state index in [1.165, 1.54) is 6.92 Å². The molecule has 6 heteroatoms. The first-order valence-electron chi connectivity index (χ1n) is 6.65. The van der Waals surface area contributed by atoms with Gasteiger partial charge in [-0.3, -0.25) is 4.79 Å². The van der Waals surface area contributed by atoms with E-state index < -0.39 is 16.1 Å². The van der Waals surface area contributed by atoms with Gasteiger partial charge in [0, 0.05) is 6.54 Å². The molecule has 1 aromatic rings. The Bertz CT molecular complexity index is 582. The van der Waals surface area contributed by atoms with Crippen LogP contribution >= 0.6 is 0 Å². The summed E-state index contributed by atoms with van der Waals surface area (Å²) in [5.74, 6) is -0.319. The van der Waals surface area contributed by atoms with Crippen LogP contribution in [0.3, 0.4) is 0 Å². The van der Waals surface area contributed by atoms with Crippen molar-refractivity contribution in [1.82, 2.24) is 10.0 Å². The number of carbonyl (C=O) groups excluding carboxylic acids is 1. The predicted molar refractivity (Wildman–Crippen MR) is 79.0 cm³/mol. The molecule has 0 radical (unpaired) electrons. The Morgan fingerprint density at radius 1 is 1.30 bits per heavy atom. The van der Waals surface area contributed by atoms with E-state index in [0.29, 0.717) is 12.1 Å². The molecular weight excluding hydrogens is 276 g/mol. The van der Waals surface area contributed by atoms with Crippen LogP contribution in [0.15, 0.2) is 23.1 Å². The second kappa shape index (κ2) is 6.85. The second-order valence-electron chi connectivity index (χ2n) is 4.90. The molecule has 1 aromatic carbocycles. The highest BCUT2D eigenvalue weighted by Crippen LogP contribution is 2.16. The zero-order chi connectivity index (χ0) is 15.3. The summed E-state index contributed by atoms with van der Waals surface area (Å²) in [6, 6.07) is 4.30. The van der Waals surface area contributed by atoms with Gasteiger partial charge in [0.25, 0.3) is 0 Å². The lowest BCUT2D eigenvalue weighted by Crippen LogP contribution is -2.45. The molecule has 20 heavy (non-hydrogen) atoms. The maximum absolute atomic E-state index is 12.3. The first-order valence-corrected chi connectivity index (χ1v) is 8.13. The van der Waals surface area contributed by atoms with Gasteiger partial charge in [-0.25, -0.2) is 8.42 Å². The maximum Gasteiger partial charge on any atom is 0.241 e. The molecule has 0 unspecified atom stereocenters. The number of nitrogens with one attached hydrogen (secondary N) is 2. The third-order valence-electron chi connectivity index (χ3n) is 2.89. The molecule has 112 valence electrons. The van der Waals surface area contributed by atoms with Crippen molar-refractivity contribution in [3.8, 4) is 0 Å². The number of amides is 1. The van der Waals surface area contributed by atoms with E-state index in [9.17, 15) is 13.2 Å². The molecule has 5 nitrogen and oxygen atoms in total. The van der Waals surface area contributed by atoms with Crippen LogP contribution in [0, 0.1) is 13.8 Å². The zero-order valence-electron chi connectivity index (χ0n) is 12.4. The standard InChI is InChI=1S/C14H22N2O3S/c1-5-8-15-14(17)12(4)16-20(18,19)13-7-6-10(2)9-11(13)3/h6-7,9,12,16H,5,8H2,1-4H3,(H,15,17)/t12-/m1/s1. The van der Waals surface area contributed by atoms with E-state index in [0.717, 1.165) is 12.0 Å². The number of aryl methyl sites for hydroxylation is 2. The quantitative estimate of drug-likeness (QED) is 0.835. The molecule has 0 spiro atoms. The molecular formula is C14H22N2O3S. The Morgan fingerprint density at radius 2 is 1.95 bits per heavy atom. The molecule has 0 saturated heterocycles. The minimum absolute atomic E-state index is 0.207. The summed E-state index contributed by atoms with van der Waals surface area (Å²) in [4.78, 5) is 11.9. The lowest BCUT2D eigenvalue weighted by molar-refractivity contribution is -0.122. The van der Waals surface area contributed by atoms with Crippen molar-refractivity contribution in [2.24, 2.45) is 0 Å². The highest BCUT2D eigenvalue weighted by molar-refractivity contribution is 7.89. The number of rotatable bonds is 6. The van der Waals surface area contributed by atoms with Crippen LogP contribution in [0.25, 0.3) is 0 Å². The van der Waals surface area contributed by atoms with Gasteiger partial charge in [-0.1, -0.05) is 24.6 Å². The number of carbonyl (C=O) groups is 1. The summed E-state index contributed by atoms with van der Waals surface area (Å²) in [6.07, 6.45) is 0.808. The molecule has 1 rings (SSSR count). The monoisotopic (exact) mass is 298 g/mol. The molecule has 0 saturated carbocycles. The third kappa shape index (κ3) is 4.31. The van der Waals surface area contributed by atoms with Crippen LogP contribution in [0.4, 0.5) is 0 Å². The fourth-order valence-corrected chi connectivity index (χ4v) is 3.28. The smallest absolute Gasteiger partial charge is 0.241 e. The average Bonchev–Trinajstić information content (AvgIpc) is 2.34. The van der Waals surface area contributed by atoms with E-state index >= 15 is 0 Å². The fraction of sp³-hybridized carbons (Fsp3) is 0.500. The van der Waals surface area contributed by atoms with Crippen molar-refractivity contribution in [2.45, 2.75) is 45.1 Å². The van der Waals surface area contributed by atoms with Crippen LogP contribution < -0.4 is 10.0 Å². The molecule has 2 N–H and O–H groups in total. The number of hydrogen-bond donors (Lipinski definition) is 2. The van der Waals surface area contributed by atoms with Crippen LogP contribution in [0.2, 0.25) is 0 Å². The van der Waals surface area contributed by atoms with Crippen molar-refractivity contribution in [3.63, 3.8) is 0 Å². The maximum atomic E-state index is 12.3. The Labute approximate surface area is 120 Å². The molecule has 0 heterocycles. The Balaban J connectivity index is 2.87. The van der Waals surface area contributed by atoms with Gasteiger partial charge < -0.3 is 5.32 Å². The zero-order valence-corrected chi connectivity index (χ0v) is 13.2. The summed E-state index contributed by atoms with van der Waals surface area (Å²) in [5, 5.41) is 2.66. The first-order chi connectivity index (χ1) is 9.27. The Hall–Kier alpha value is -1.40. The minimum atomic E-state index is -3.69. The molecule has 1 amide bonds. The lowest BCUT2D eigenvalue weighted by atomic mass is 10.2. The normalized spacial score (nSPS) is 13.0. The van der Waals surface area contributed by atoms with Gasteiger partial charge in [0.1, 0.15) is 0 Å². The van der Waals surface area contributed by atoms with Crippen molar-refractivity contribution in [3.05, 3.63) is 29.3 Å². The first kappa shape index (κ1) is 16.7. The molecule has 1 atom stereocenters. The second-order valence-corrected chi connectivity index (χ2v) is 6.59. The highest BCUT2D eigenvalue weighted by atomic mass is 32.2. The topological polar surface area (TPSA) is 75.3 Å². The molecule has 0 aliphatic rings. The summed E-state index contributed by atoms with van der Waals surface area (Å²) >= 11 is 0. The number of hydrogen-bond acceptors (Lipinski definition) is 3. The van der Waals surface area contributed by atoms with Crippen molar-refractivity contribution >= 4 is 15.9 Å². The Kier molecular flexibility index (Phi) is 5.71. The van der Waals surface area contributed by atoms with Crippen LogP contribution in [0.1, 0.15) is 31.4 Å². The summed E-state index contributed by atoms with van der Waals surface area (Å²) in [6.45, 7) is 7.65. The van der Waals surface area contributed by atoms with E-state index in [-0.39, 0.29) is 10.8 Å². The van der Waals surface area contributed by atoms with Crippen LogP contribution in [0.5, 0.6) is 0 Å². The summed E-state index contributed by atoms with van der Waals surface area (Å²) < 4.78 is 26.9. The van der Waals surface area contributed by atoms with Gasteiger partial charge >= 0.3 is 0 Å². The van der Waals surface area contributed by atoms with Crippen molar-refractivity contribution in [1.29, 1.82) is 0 Å². The van der Waals surface area contributed by atoms with E-state index in [2.05, 4.69) is 10.0 Å². The van der Waals surface area contributed by atoms with Crippen molar-refractivity contribution < 1.29 is 13.2 Å². The fourth-order valence-electron chi connectivity index (χ4n) is 1.85. The summed E-state index contributed by atoms with van der Waals surface area (Å²) in [5.41, 5.74) is 1.66. The number of benzene rings is 1. The minimum Gasteiger partial charge on any atom is -0.355 e. The van der Waals surface area contributed by atoms with Gasteiger partial charge in [0.15, 0.2) is 0 Å². The third-order valence-corrected chi connectivity index (χ3v) is 4.60. The molecule has 0 bridgehead atoms. The van der Waals surface area contributed by atoms with Gasteiger partial charge in [-0.2, -0.15) is 4.72 Å². The van der Waals surface area contributed by atoms with Crippen LogP contribution in [-0.2, 0) is 14.8 Å². The molecule has 0 aromatic heterocycles. The van der Waals surface area contributed by atoms with Crippen molar-refractivity contribution in [2.75, 3.05) is 6.54 Å². The van der Waals surface area contributed by atoms with E-state index in [1.54, 1.807) is 25.1 Å². The van der Waals surface area contributed by atoms with E-state index in [4.69, 9.17) is 0 Å². The van der Waals surface area contributed by atoms with Crippen LogP contribution in [-0.4, -0.2) is 26.9 Å².